The van der Waals surface area contributed by atoms with Crippen molar-refractivity contribution in [1.82, 2.24) is 5.32 Å². The first-order valence-electron chi connectivity index (χ1n) is 3.94. The molecule has 1 heterocycles. The van der Waals surface area contributed by atoms with Crippen LogP contribution in [0.4, 0.5) is 0 Å². The summed E-state index contributed by atoms with van der Waals surface area (Å²) in [5, 5.41) is 11.2. The van der Waals surface area contributed by atoms with Crippen molar-refractivity contribution in [2.24, 2.45) is 0 Å². The van der Waals surface area contributed by atoms with Crippen molar-refractivity contribution in [3.05, 3.63) is 0 Å². The van der Waals surface area contributed by atoms with Gasteiger partial charge < -0.3 is 20.2 Å². The Morgan fingerprint density at radius 3 is 2.46 bits per heavy atom. The van der Waals surface area contributed by atoms with Crippen LogP contribution < -0.4 is 5.32 Å². The minimum Gasteiger partial charge on any atom is -0.480 e. The maximum absolute atomic E-state index is 10.9. The van der Waals surface area contributed by atoms with Gasteiger partial charge in [0.2, 0.25) is 0 Å². The molecule has 7 heteroatoms. The SMILES string of the molecule is O=C(O)[C@H]1NCCC[C@H]1P(=O)(O)O. The molecule has 4 N–H and O–H groups in total. The summed E-state index contributed by atoms with van der Waals surface area (Å²) in [5.41, 5.74) is -1.08. The van der Waals surface area contributed by atoms with Crippen LogP contribution in [0, 0.1) is 0 Å². The maximum Gasteiger partial charge on any atom is 0.330 e. The Morgan fingerprint density at radius 1 is 1.46 bits per heavy atom. The second-order valence-electron chi connectivity index (χ2n) is 3.07. The van der Waals surface area contributed by atoms with E-state index in [0.717, 1.165) is 0 Å². The highest BCUT2D eigenvalue weighted by Gasteiger charge is 2.41. The Balaban J connectivity index is 2.79. The Morgan fingerprint density at radius 2 is 2.08 bits per heavy atom. The first-order valence-corrected chi connectivity index (χ1v) is 5.62. The molecule has 2 atom stereocenters. The van der Waals surface area contributed by atoms with E-state index in [-0.39, 0.29) is 6.42 Å². The molecule has 13 heavy (non-hydrogen) atoms. The van der Waals surface area contributed by atoms with Gasteiger partial charge in [0.15, 0.2) is 0 Å². The van der Waals surface area contributed by atoms with E-state index < -0.39 is 25.3 Å². The third-order valence-electron chi connectivity index (χ3n) is 2.12. The molecular weight excluding hydrogens is 197 g/mol. The predicted molar refractivity (Wildman–Crippen MR) is 44.5 cm³/mol. The number of carboxylic acids is 1. The summed E-state index contributed by atoms with van der Waals surface area (Å²) in [7, 11) is -4.29. The molecule has 1 aliphatic heterocycles. The summed E-state index contributed by atoms with van der Waals surface area (Å²) >= 11 is 0. The van der Waals surface area contributed by atoms with Crippen LogP contribution in [0.5, 0.6) is 0 Å². The van der Waals surface area contributed by atoms with Crippen molar-refractivity contribution in [2.75, 3.05) is 6.54 Å². The van der Waals surface area contributed by atoms with Crippen LogP contribution in [-0.2, 0) is 9.36 Å². The van der Waals surface area contributed by atoms with Gasteiger partial charge in [0, 0.05) is 0 Å². The van der Waals surface area contributed by atoms with Crippen molar-refractivity contribution < 1.29 is 24.3 Å². The first kappa shape index (κ1) is 10.7. The predicted octanol–water partition coefficient (Wildman–Crippen LogP) is -0.631. The average molecular weight is 209 g/mol. The largest absolute Gasteiger partial charge is 0.480 e. The molecule has 0 aromatic rings. The van der Waals surface area contributed by atoms with Gasteiger partial charge in [-0.2, -0.15) is 0 Å². The minimum absolute atomic E-state index is 0.258. The molecule has 1 rings (SSSR count). The van der Waals surface area contributed by atoms with E-state index in [2.05, 4.69) is 5.32 Å². The zero-order valence-corrected chi connectivity index (χ0v) is 7.78. The molecular formula is C6H12NO5P. The third-order valence-corrected chi connectivity index (χ3v) is 3.54. The van der Waals surface area contributed by atoms with Gasteiger partial charge in [-0.1, -0.05) is 0 Å². The summed E-state index contributed by atoms with van der Waals surface area (Å²) in [6, 6.07) is -1.12. The van der Waals surface area contributed by atoms with E-state index in [1.54, 1.807) is 0 Å². The second kappa shape index (κ2) is 3.75. The monoisotopic (exact) mass is 209 g/mol. The Bertz CT molecular complexity index is 249. The zero-order valence-electron chi connectivity index (χ0n) is 6.88. The molecule has 0 saturated carbocycles. The van der Waals surface area contributed by atoms with Gasteiger partial charge in [-0.05, 0) is 19.4 Å². The molecule has 0 bridgehead atoms. The fourth-order valence-electron chi connectivity index (χ4n) is 1.49. The molecule has 0 unspecified atom stereocenters. The highest BCUT2D eigenvalue weighted by Crippen LogP contribution is 2.46. The fraction of sp³-hybridized carbons (Fsp3) is 0.833. The van der Waals surface area contributed by atoms with Crippen LogP contribution in [0.1, 0.15) is 12.8 Å². The third kappa shape index (κ3) is 2.51. The molecule has 76 valence electrons. The Labute approximate surface area is 75.1 Å². The van der Waals surface area contributed by atoms with Crippen LogP contribution in [0.15, 0.2) is 0 Å². The summed E-state index contributed by atoms with van der Waals surface area (Å²) in [4.78, 5) is 28.3. The molecule has 0 amide bonds. The standard InChI is InChI=1S/C6H12NO5P/c8-6(9)5-4(13(10,11)12)2-1-3-7-5/h4-5,7H,1-3H2,(H,8,9)(H2,10,11,12)/t4-,5+/m1/s1. The topological polar surface area (TPSA) is 107 Å². The highest BCUT2D eigenvalue weighted by atomic mass is 31.2. The zero-order chi connectivity index (χ0) is 10.1. The van der Waals surface area contributed by atoms with Crippen molar-refractivity contribution in [3.8, 4) is 0 Å². The maximum atomic E-state index is 10.9. The number of nitrogens with one attached hydrogen (secondary N) is 1. The molecule has 0 aliphatic carbocycles. The lowest BCUT2D eigenvalue weighted by Crippen LogP contribution is -2.49. The van der Waals surface area contributed by atoms with E-state index >= 15 is 0 Å². The number of hydrogen-bond acceptors (Lipinski definition) is 3. The molecule has 0 spiro atoms. The Hall–Kier alpha value is -0.420. The first-order chi connectivity index (χ1) is 5.93. The summed E-state index contributed by atoms with van der Waals surface area (Å²) in [5.74, 6) is -1.20. The van der Waals surface area contributed by atoms with Gasteiger partial charge in [0.25, 0.3) is 0 Å². The van der Waals surface area contributed by atoms with Crippen LogP contribution in [0.2, 0.25) is 0 Å². The number of hydrogen-bond donors (Lipinski definition) is 4. The average Bonchev–Trinajstić information content (AvgIpc) is 2.03. The lowest BCUT2D eigenvalue weighted by Gasteiger charge is -2.29. The van der Waals surface area contributed by atoms with Gasteiger partial charge >= 0.3 is 13.6 Å². The van der Waals surface area contributed by atoms with Crippen LogP contribution in [0.3, 0.4) is 0 Å². The molecule has 1 aliphatic rings. The number of carboxylic acid groups (broad SMARTS) is 1. The molecule has 1 fully saturated rings. The van der Waals surface area contributed by atoms with Crippen LogP contribution >= 0.6 is 7.60 Å². The number of piperidine rings is 1. The Kier molecular flexibility index (Phi) is 3.08. The van der Waals surface area contributed by atoms with Crippen molar-refractivity contribution in [1.29, 1.82) is 0 Å². The van der Waals surface area contributed by atoms with E-state index in [4.69, 9.17) is 14.9 Å². The normalized spacial score (nSPS) is 30.0. The summed E-state index contributed by atoms with van der Waals surface area (Å²) in [6.07, 6.45) is 0.855. The molecule has 6 nitrogen and oxygen atoms in total. The minimum atomic E-state index is -4.29. The number of rotatable bonds is 2. The van der Waals surface area contributed by atoms with Crippen LogP contribution in [0.25, 0.3) is 0 Å². The van der Waals surface area contributed by atoms with Gasteiger partial charge in [-0.15, -0.1) is 0 Å². The highest BCUT2D eigenvalue weighted by molar-refractivity contribution is 7.52. The van der Waals surface area contributed by atoms with E-state index in [0.29, 0.717) is 13.0 Å². The van der Waals surface area contributed by atoms with Gasteiger partial charge in [0.05, 0.1) is 5.66 Å². The van der Waals surface area contributed by atoms with E-state index in [1.807, 2.05) is 0 Å². The lowest BCUT2D eigenvalue weighted by atomic mass is 10.0. The van der Waals surface area contributed by atoms with Crippen molar-refractivity contribution >= 4 is 13.6 Å². The van der Waals surface area contributed by atoms with Gasteiger partial charge in [-0.25, -0.2) is 0 Å². The molecule has 0 aromatic carbocycles. The van der Waals surface area contributed by atoms with E-state index in [1.165, 1.54) is 0 Å². The fourth-order valence-corrected chi connectivity index (χ4v) is 2.63. The van der Waals surface area contributed by atoms with Gasteiger partial charge in [0.1, 0.15) is 6.04 Å². The lowest BCUT2D eigenvalue weighted by molar-refractivity contribution is -0.140. The molecule has 0 aromatic heterocycles. The smallest absolute Gasteiger partial charge is 0.330 e. The quantitative estimate of drug-likeness (QED) is 0.451. The van der Waals surface area contributed by atoms with Crippen molar-refractivity contribution in [2.45, 2.75) is 24.5 Å². The van der Waals surface area contributed by atoms with Crippen molar-refractivity contribution in [3.63, 3.8) is 0 Å². The number of carbonyl (C=O) groups is 1. The summed E-state index contributed by atoms with van der Waals surface area (Å²) in [6.45, 7) is 0.494. The molecule has 1 saturated heterocycles. The summed E-state index contributed by atoms with van der Waals surface area (Å²) < 4.78 is 10.9. The van der Waals surface area contributed by atoms with E-state index in [9.17, 15) is 9.36 Å². The molecule has 0 radical (unpaired) electrons. The van der Waals surface area contributed by atoms with Gasteiger partial charge in [-0.3, -0.25) is 9.36 Å². The second-order valence-corrected chi connectivity index (χ2v) is 4.91. The van der Waals surface area contributed by atoms with Crippen LogP contribution in [-0.4, -0.2) is 39.1 Å². The number of aliphatic carboxylic acids is 1.